The van der Waals surface area contributed by atoms with E-state index in [1.165, 1.54) is 5.56 Å². The molecule has 354 valence electrons. The molecule has 0 atom stereocenters. The summed E-state index contributed by atoms with van der Waals surface area (Å²) in [6.45, 7) is 19.5. The zero-order chi connectivity index (χ0) is 50.2. The van der Waals surface area contributed by atoms with Crippen molar-refractivity contribution in [3.05, 3.63) is 205 Å². The molecule has 0 aliphatic heterocycles. The number of rotatable bonds is 9. The highest BCUT2D eigenvalue weighted by molar-refractivity contribution is 5.76. The molecule has 8 heteroatoms. The van der Waals surface area contributed by atoms with Gasteiger partial charge in [-0.05, 0) is 51.4 Å². The van der Waals surface area contributed by atoms with Crippen LogP contribution in [0.2, 0.25) is 0 Å². The van der Waals surface area contributed by atoms with E-state index >= 15 is 0 Å². The minimum absolute atomic E-state index is 0.0198. The van der Waals surface area contributed by atoms with Crippen molar-refractivity contribution < 1.29 is 0 Å². The summed E-state index contributed by atoms with van der Waals surface area (Å²) in [4.78, 5) is 40.2. The van der Waals surface area contributed by atoms with Crippen LogP contribution in [0.15, 0.2) is 188 Å². The van der Waals surface area contributed by atoms with Crippen LogP contribution in [0.5, 0.6) is 0 Å². The molecule has 0 amide bonds. The molecule has 0 saturated carbocycles. The second-order valence-corrected chi connectivity index (χ2v) is 21.5. The van der Waals surface area contributed by atoms with Gasteiger partial charge in [-0.15, -0.1) is 0 Å². The van der Waals surface area contributed by atoms with E-state index in [0.717, 1.165) is 84.2 Å². The van der Waals surface area contributed by atoms with E-state index < -0.39 is 0 Å². The fourth-order valence-electron chi connectivity index (χ4n) is 8.43. The molecule has 0 bridgehead atoms. The van der Waals surface area contributed by atoms with Crippen molar-refractivity contribution in [1.29, 1.82) is 0 Å². The Morgan fingerprint density at radius 2 is 0.542 bits per heavy atom. The summed E-state index contributed by atoms with van der Waals surface area (Å²) in [5, 5.41) is 0. The predicted molar refractivity (Wildman–Crippen MR) is 294 cm³/mol. The Bertz CT molecular complexity index is 3530. The lowest BCUT2D eigenvalue weighted by Crippen LogP contribution is -2.18. The number of hydrogen-bond donors (Lipinski definition) is 0. The molecular formula is C64H58N8. The van der Waals surface area contributed by atoms with E-state index in [0.29, 0.717) is 29.1 Å². The Balaban J connectivity index is 0.920. The molecular weight excluding hydrogens is 881 g/mol. The topological polar surface area (TPSA) is 103 Å². The van der Waals surface area contributed by atoms with Crippen molar-refractivity contribution >= 4 is 0 Å². The first-order valence-corrected chi connectivity index (χ1v) is 24.6. The molecule has 0 radical (unpaired) electrons. The number of nitrogens with zero attached hydrogens (tertiary/aromatic N) is 8. The molecule has 0 unspecified atom stereocenters. The summed E-state index contributed by atoms with van der Waals surface area (Å²) in [6, 6.07) is 64.8. The molecule has 10 rings (SSSR count). The van der Waals surface area contributed by atoms with Crippen molar-refractivity contribution in [1.82, 2.24) is 39.9 Å². The van der Waals surface area contributed by atoms with Crippen LogP contribution < -0.4 is 0 Å². The largest absolute Gasteiger partial charge is 0.232 e. The summed E-state index contributed by atoms with van der Waals surface area (Å²) in [7, 11) is 0. The molecule has 10 aromatic rings. The van der Waals surface area contributed by atoms with Crippen molar-refractivity contribution in [2.45, 2.75) is 78.6 Å². The Kier molecular flexibility index (Phi) is 12.6. The summed E-state index contributed by atoms with van der Waals surface area (Å²) < 4.78 is 0. The van der Waals surface area contributed by atoms with Gasteiger partial charge >= 0.3 is 0 Å². The first-order chi connectivity index (χ1) is 34.5. The fraction of sp³-hybridized carbons (Fsp3) is 0.188. The molecule has 0 N–H and O–H groups in total. The zero-order valence-electron chi connectivity index (χ0n) is 42.5. The van der Waals surface area contributed by atoms with Crippen molar-refractivity contribution in [2.75, 3.05) is 0 Å². The number of aromatic nitrogens is 8. The van der Waals surface area contributed by atoms with Crippen LogP contribution in [0.3, 0.4) is 0 Å². The van der Waals surface area contributed by atoms with Gasteiger partial charge in [0.25, 0.3) is 0 Å². The minimum atomic E-state index is -0.307. The lowest BCUT2D eigenvalue weighted by Gasteiger charge is -2.19. The van der Waals surface area contributed by atoms with Gasteiger partial charge in [0.15, 0.2) is 29.1 Å². The first kappa shape index (κ1) is 47.3. The Morgan fingerprint density at radius 3 is 1.01 bits per heavy atom. The average molecular weight is 939 g/mol. The van der Waals surface area contributed by atoms with Crippen LogP contribution in [0.1, 0.15) is 79.5 Å². The molecule has 3 aromatic heterocycles. The van der Waals surface area contributed by atoms with Crippen molar-refractivity contribution in [3.63, 3.8) is 0 Å². The summed E-state index contributed by atoms with van der Waals surface area (Å²) in [5.41, 5.74) is 13.5. The SMILES string of the molecule is CC(C)(C)c1cccc(-c2nc(-c3ccccc3)nc(-c3cccc(-c4ccc(-c5nc(-c6ccc(-c7ccc(-c8cc(-c9ccccc9)nc(C(C)(C)C)n8)cc7)cc6)nc(C(C)(C)C)n5)cc4)c3)n2)c1. The van der Waals surface area contributed by atoms with Gasteiger partial charge in [-0.25, -0.2) is 39.9 Å². The van der Waals surface area contributed by atoms with Gasteiger partial charge in [-0.3, -0.25) is 0 Å². The van der Waals surface area contributed by atoms with Gasteiger partial charge in [-0.1, -0.05) is 232 Å². The van der Waals surface area contributed by atoms with Crippen LogP contribution >= 0.6 is 0 Å². The lowest BCUT2D eigenvalue weighted by molar-refractivity contribution is 0.543. The Hall–Kier alpha value is -8.36. The number of benzene rings is 7. The molecule has 72 heavy (non-hydrogen) atoms. The highest BCUT2D eigenvalue weighted by atomic mass is 15.0. The van der Waals surface area contributed by atoms with Crippen LogP contribution in [-0.4, -0.2) is 39.9 Å². The van der Waals surface area contributed by atoms with E-state index in [9.17, 15) is 0 Å². The normalized spacial score (nSPS) is 12.0. The predicted octanol–water partition coefficient (Wildman–Crippen LogP) is 15.7. The van der Waals surface area contributed by atoms with Crippen LogP contribution in [0.25, 0.3) is 102 Å². The van der Waals surface area contributed by atoms with Crippen LogP contribution in [0.4, 0.5) is 0 Å². The molecule has 0 aliphatic carbocycles. The average Bonchev–Trinajstić information content (AvgIpc) is 3.40. The third-order valence-electron chi connectivity index (χ3n) is 12.7. The number of hydrogen-bond acceptors (Lipinski definition) is 8. The molecule has 0 saturated heterocycles. The standard InChI is InChI=1S/C64H58N8/c1-62(2,3)52-25-17-24-51(39-52)59-68-55(46-20-14-11-15-21-46)67-58(70-59)50-23-16-22-49(38-50)43-30-36-48(37-31-43)57-69-56(71-61(72-57)64(7,8)9)47-34-28-42(29-35-47)41-26-32-45(33-27-41)54-40-53(44-18-12-10-13-19-44)65-60(66-54)63(4,5)6/h10-40H,1-9H3. The van der Waals surface area contributed by atoms with E-state index in [1.807, 2.05) is 48.5 Å². The van der Waals surface area contributed by atoms with Crippen LogP contribution in [0, 0.1) is 0 Å². The summed E-state index contributed by atoms with van der Waals surface area (Å²) in [6.07, 6.45) is 0. The molecule has 0 aliphatic rings. The van der Waals surface area contributed by atoms with Gasteiger partial charge in [-0.2, -0.15) is 0 Å². The molecule has 0 spiro atoms. The van der Waals surface area contributed by atoms with Gasteiger partial charge < -0.3 is 0 Å². The zero-order valence-corrected chi connectivity index (χ0v) is 42.5. The highest BCUT2D eigenvalue weighted by Gasteiger charge is 2.23. The Morgan fingerprint density at radius 1 is 0.222 bits per heavy atom. The monoisotopic (exact) mass is 938 g/mol. The van der Waals surface area contributed by atoms with E-state index in [-0.39, 0.29) is 16.2 Å². The van der Waals surface area contributed by atoms with Crippen molar-refractivity contribution in [3.8, 4) is 102 Å². The fourth-order valence-corrected chi connectivity index (χ4v) is 8.43. The quantitative estimate of drug-likeness (QED) is 0.141. The third-order valence-corrected chi connectivity index (χ3v) is 12.7. The van der Waals surface area contributed by atoms with Crippen LogP contribution in [-0.2, 0) is 16.2 Å². The Labute approximate surface area is 423 Å². The van der Waals surface area contributed by atoms with Crippen molar-refractivity contribution in [2.24, 2.45) is 0 Å². The molecule has 8 nitrogen and oxygen atoms in total. The van der Waals surface area contributed by atoms with E-state index in [2.05, 4.69) is 202 Å². The summed E-state index contributed by atoms with van der Waals surface area (Å²) >= 11 is 0. The first-order valence-electron chi connectivity index (χ1n) is 24.6. The van der Waals surface area contributed by atoms with E-state index in [4.69, 9.17) is 39.9 Å². The summed E-state index contributed by atoms with van der Waals surface area (Å²) in [5.74, 6) is 4.69. The maximum atomic E-state index is 5.08. The second-order valence-electron chi connectivity index (χ2n) is 21.5. The maximum Gasteiger partial charge on any atom is 0.164 e. The van der Waals surface area contributed by atoms with Gasteiger partial charge in [0.1, 0.15) is 11.6 Å². The van der Waals surface area contributed by atoms with Gasteiger partial charge in [0, 0.05) is 49.8 Å². The maximum absolute atomic E-state index is 5.08. The van der Waals surface area contributed by atoms with E-state index in [1.54, 1.807) is 0 Å². The molecule has 0 fully saturated rings. The van der Waals surface area contributed by atoms with Gasteiger partial charge in [0.2, 0.25) is 0 Å². The molecule has 7 aromatic carbocycles. The highest BCUT2D eigenvalue weighted by Crippen LogP contribution is 2.34. The van der Waals surface area contributed by atoms with Gasteiger partial charge in [0.05, 0.1) is 11.4 Å². The third kappa shape index (κ3) is 10.4. The lowest BCUT2D eigenvalue weighted by atomic mass is 9.86. The second kappa shape index (κ2) is 19.1. The minimum Gasteiger partial charge on any atom is -0.232 e. The molecule has 3 heterocycles. The smallest absolute Gasteiger partial charge is 0.164 e.